The lowest BCUT2D eigenvalue weighted by atomic mass is 9.70. The predicted octanol–water partition coefficient (Wildman–Crippen LogP) is 3.93. The molecule has 0 spiro atoms. The summed E-state index contributed by atoms with van der Waals surface area (Å²) in [4.78, 5) is 28.1. The van der Waals surface area contributed by atoms with Crippen LogP contribution in [0.3, 0.4) is 0 Å². The number of aromatic amines is 1. The molecular formula is C21H22N2O2. The molecule has 0 aliphatic heterocycles. The van der Waals surface area contributed by atoms with Gasteiger partial charge in [-0.3, -0.25) is 9.59 Å². The number of rotatable bonds is 2. The number of pyridine rings is 1. The second-order valence-electron chi connectivity index (χ2n) is 7.28. The van der Waals surface area contributed by atoms with Crippen molar-refractivity contribution in [2.75, 3.05) is 0 Å². The summed E-state index contributed by atoms with van der Waals surface area (Å²) in [6.07, 6.45) is 5.28. The largest absolute Gasteiger partial charge is 0.351 e. The van der Waals surface area contributed by atoms with Crippen LogP contribution < -0.4 is 5.56 Å². The van der Waals surface area contributed by atoms with Crippen LogP contribution in [-0.4, -0.2) is 15.3 Å². The zero-order valence-electron chi connectivity index (χ0n) is 14.6. The summed E-state index contributed by atoms with van der Waals surface area (Å²) in [5.41, 5.74) is 2.72. The molecule has 0 amide bonds. The Morgan fingerprint density at radius 3 is 2.68 bits per heavy atom. The summed E-state index contributed by atoms with van der Waals surface area (Å²) in [7, 11) is 2.01. The molecular weight excluding hydrogens is 312 g/mol. The van der Waals surface area contributed by atoms with Crippen molar-refractivity contribution in [2.24, 2.45) is 7.05 Å². The lowest BCUT2D eigenvalue weighted by Gasteiger charge is -2.31. The number of carbonyl (C=O) groups is 1. The number of benzene rings is 1. The average molecular weight is 334 g/mol. The molecule has 4 rings (SSSR count). The number of H-pyrrole nitrogens is 1. The van der Waals surface area contributed by atoms with E-state index >= 15 is 0 Å². The second-order valence-corrected chi connectivity index (χ2v) is 7.28. The van der Waals surface area contributed by atoms with Gasteiger partial charge in [0, 0.05) is 41.8 Å². The molecule has 0 bridgehead atoms. The van der Waals surface area contributed by atoms with Crippen molar-refractivity contribution in [3.05, 3.63) is 58.5 Å². The van der Waals surface area contributed by atoms with E-state index in [0.717, 1.165) is 41.4 Å². The lowest BCUT2D eigenvalue weighted by molar-refractivity contribution is -0.125. The molecule has 1 aliphatic rings. The van der Waals surface area contributed by atoms with Crippen LogP contribution in [0.1, 0.15) is 38.2 Å². The first kappa shape index (κ1) is 15.9. The number of nitrogens with one attached hydrogen (secondary N) is 1. The van der Waals surface area contributed by atoms with E-state index in [-0.39, 0.29) is 11.3 Å². The van der Waals surface area contributed by atoms with Crippen LogP contribution in [0.4, 0.5) is 0 Å². The van der Waals surface area contributed by atoms with Crippen molar-refractivity contribution in [2.45, 2.75) is 38.0 Å². The van der Waals surface area contributed by atoms with Gasteiger partial charge in [-0.25, -0.2) is 0 Å². The third-order valence-corrected chi connectivity index (χ3v) is 5.65. The third kappa shape index (κ3) is 2.53. The fourth-order valence-electron chi connectivity index (χ4n) is 3.99. The molecule has 3 aromatic rings. The fourth-order valence-corrected chi connectivity index (χ4v) is 3.99. The van der Waals surface area contributed by atoms with Crippen LogP contribution in [-0.2, 0) is 17.3 Å². The van der Waals surface area contributed by atoms with E-state index in [4.69, 9.17) is 0 Å². The zero-order chi connectivity index (χ0) is 17.6. The molecule has 1 aromatic carbocycles. The SMILES string of the molecule is Cn1ccc2cc(-c3ccc(C4(C)CCCCC4=O)c(=O)[nH]3)ccc21. The Morgan fingerprint density at radius 1 is 1.08 bits per heavy atom. The van der Waals surface area contributed by atoms with Crippen molar-refractivity contribution in [3.63, 3.8) is 0 Å². The van der Waals surface area contributed by atoms with E-state index in [2.05, 4.69) is 27.8 Å². The van der Waals surface area contributed by atoms with Crippen LogP contribution in [0.2, 0.25) is 0 Å². The summed E-state index contributed by atoms with van der Waals surface area (Å²) in [6.45, 7) is 1.91. The minimum absolute atomic E-state index is 0.150. The van der Waals surface area contributed by atoms with Crippen molar-refractivity contribution >= 4 is 16.7 Å². The lowest BCUT2D eigenvalue weighted by Crippen LogP contribution is -2.40. The standard InChI is InChI=1S/C21H22N2O2/c1-21(11-4-3-5-19(21)24)16-7-8-17(22-20(16)25)14-6-9-18-15(13-14)10-12-23(18)2/h6-10,12-13H,3-5,11H2,1-2H3,(H,22,25). The molecule has 1 aliphatic carbocycles. The molecule has 128 valence electrons. The monoisotopic (exact) mass is 334 g/mol. The normalized spacial score (nSPS) is 21.0. The van der Waals surface area contributed by atoms with E-state index in [1.54, 1.807) is 0 Å². The Kier molecular flexibility index (Phi) is 3.64. The van der Waals surface area contributed by atoms with Crippen molar-refractivity contribution in [1.29, 1.82) is 0 Å². The maximum atomic E-state index is 12.7. The molecule has 4 nitrogen and oxygen atoms in total. The first-order valence-corrected chi connectivity index (χ1v) is 8.82. The average Bonchev–Trinajstić information content (AvgIpc) is 2.98. The Bertz CT molecular complexity index is 1030. The van der Waals surface area contributed by atoms with Gasteiger partial charge in [0.25, 0.3) is 5.56 Å². The van der Waals surface area contributed by atoms with E-state index in [1.165, 1.54) is 0 Å². The summed E-state index contributed by atoms with van der Waals surface area (Å²) >= 11 is 0. The highest BCUT2D eigenvalue weighted by atomic mass is 16.1. The molecule has 0 saturated heterocycles. The maximum absolute atomic E-state index is 12.7. The third-order valence-electron chi connectivity index (χ3n) is 5.65. The van der Waals surface area contributed by atoms with Crippen LogP contribution >= 0.6 is 0 Å². The summed E-state index contributed by atoms with van der Waals surface area (Å²) in [5, 5.41) is 1.14. The molecule has 25 heavy (non-hydrogen) atoms. The van der Waals surface area contributed by atoms with Gasteiger partial charge in [0.15, 0.2) is 0 Å². The van der Waals surface area contributed by atoms with Crippen LogP contribution in [0, 0.1) is 0 Å². The van der Waals surface area contributed by atoms with Crippen molar-refractivity contribution < 1.29 is 4.79 Å². The van der Waals surface area contributed by atoms with Crippen LogP contribution in [0.15, 0.2) is 47.4 Å². The van der Waals surface area contributed by atoms with Gasteiger partial charge < -0.3 is 9.55 Å². The minimum Gasteiger partial charge on any atom is -0.351 e. The number of fused-ring (bicyclic) bond motifs is 1. The Morgan fingerprint density at radius 2 is 1.92 bits per heavy atom. The molecule has 4 heteroatoms. The number of hydrogen-bond donors (Lipinski definition) is 1. The smallest absolute Gasteiger partial charge is 0.252 e. The minimum atomic E-state index is -0.645. The van der Waals surface area contributed by atoms with Crippen LogP contribution in [0.5, 0.6) is 0 Å². The molecule has 2 heterocycles. The number of carbonyl (C=O) groups excluding carboxylic acids is 1. The van der Waals surface area contributed by atoms with Crippen molar-refractivity contribution in [3.8, 4) is 11.3 Å². The fraction of sp³-hybridized carbons (Fsp3) is 0.333. The van der Waals surface area contributed by atoms with E-state index in [9.17, 15) is 9.59 Å². The van der Waals surface area contributed by atoms with Crippen LogP contribution in [0.25, 0.3) is 22.2 Å². The molecule has 0 radical (unpaired) electrons. The van der Waals surface area contributed by atoms with Gasteiger partial charge in [0.05, 0.1) is 5.41 Å². The number of ketones is 1. The Balaban J connectivity index is 1.76. The number of hydrogen-bond acceptors (Lipinski definition) is 2. The van der Waals surface area contributed by atoms with Gasteiger partial charge in [-0.05, 0) is 49.6 Å². The second kappa shape index (κ2) is 5.73. The molecule has 1 atom stereocenters. The number of nitrogens with zero attached hydrogens (tertiary/aromatic N) is 1. The topological polar surface area (TPSA) is 54.9 Å². The van der Waals surface area contributed by atoms with Gasteiger partial charge in [-0.2, -0.15) is 0 Å². The predicted molar refractivity (Wildman–Crippen MR) is 99.8 cm³/mol. The number of Topliss-reactive ketones (excluding diaryl/α,β-unsaturated/α-hetero) is 1. The number of aryl methyl sites for hydroxylation is 1. The Hall–Kier alpha value is -2.62. The molecule has 1 N–H and O–H groups in total. The van der Waals surface area contributed by atoms with E-state index in [1.807, 2.05) is 38.4 Å². The van der Waals surface area contributed by atoms with Gasteiger partial charge in [0.2, 0.25) is 0 Å². The van der Waals surface area contributed by atoms with Gasteiger partial charge in [-0.15, -0.1) is 0 Å². The summed E-state index contributed by atoms with van der Waals surface area (Å²) in [6, 6.07) is 12.0. The highest BCUT2D eigenvalue weighted by Gasteiger charge is 2.38. The van der Waals surface area contributed by atoms with Gasteiger partial charge >= 0.3 is 0 Å². The zero-order valence-corrected chi connectivity index (χ0v) is 14.6. The molecule has 1 fully saturated rings. The first-order valence-electron chi connectivity index (χ1n) is 8.82. The highest BCUT2D eigenvalue weighted by molar-refractivity contribution is 5.90. The summed E-state index contributed by atoms with van der Waals surface area (Å²) in [5.74, 6) is 0.183. The summed E-state index contributed by atoms with van der Waals surface area (Å²) < 4.78 is 2.07. The van der Waals surface area contributed by atoms with Gasteiger partial charge in [-0.1, -0.05) is 18.6 Å². The van der Waals surface area contributed by atoms with Crippen molar-refractivity contribution in [1.82, 2.24) is 9.55 Å². The molecule has 1 saturated carbocycles. The van der Waals surface area contributed by atoms with E-state index in [0.29, 0.717) is 12.0 Å². The number of aromatic nitrogens is 2. The maximum Gasteiger partial charge on any atom is 0.252 e. The Labute approximate surface area is 146 Å². The quantitative estimate of drug-likeness (QED) is 0.772. The molecule has 2 aromatic heterocycles. The van der Waals surface area contributed by atoms with E-state index < -0.39 is 5.41 Å². The first-order chi connectivity index (χ1) is 12.0. The molecule has 1 unspecified atom stereocenters. The highest BCUT2D eigenvalue weighted by Crippen LogP contribution is 2.35. The van der Waals surface area contributed by atoms with Gasteiger partial charge in [0.1, 0.15) is 5.78 Å².